The lowest BCUT2D eigenvalue weighted by molar-refractivity contribution is -0.120. The second-order valence-electron chi connectivity index (χ2n) is 6.68. The lowest BCUT2D eigenvalue weighted by atomic mass is 9.97. The summed E-state index contributed by atoms with van der Waals surface area (Å²) >= 11 is 1.60. The van der Waals surface area contributed by atoms with Crippen molar-refractivity contribution in [2.75, 3.05) is 23.3 Å². The van der Waals surface area contributed by atoms with E-state index in [-0.39, 0.29) is 17.6 Å². The Balaban J connectivity index is 1.40. The molecule has 1 fully saturated rings. The van der Waals surface area contributed by atoms with Gasteiger partial charge in [-0.3, -0.25) is 4.79 Å². The Morgan fingerprint density at radius 3 is 2.78 bits per heavy atom. The lowest BCUT2D eigenvalue weighted by Gasteiger charge is -2.31. The topological polar surface area (TPSA) is 45.2 Å². The Morgan fingerprint density at radius 1 is 1.19 bits per heavy atom. The maximum atomic E-state index is 13.4. The predicted molar refractivity (Wildman–Crippen MR) is 108 cm³/mol. The number of carbonyl (C=O) groups excluding carboxylic acids is 1. The van der Waals surface area contributed by atoms with Crippen LogP contribution in [0.5, 0.6) is 0 Å². The van der Waals surface area contributed by atoms with Crippen LogP contribution in [0, 0.1) is 11.7 Å². The van der Waals surface area contributed by atoms with Crippen LogP contribution in [-0.4, -0.2) is 24.0 Å². The van der Waals surface area contributed by atoms with Gasteiger partial charge in [0.15, 0.2) is 5.13 Å². The van der Waals surface area contributed by atoms with Crippen molar-refractivity contribution in [3.8, 4) is 11.1 Å². The Morgan fingerprint density at radius 2 is 2.04 bits per heavy atom. The van der Waals surface area contributed by atoms with Gasteiger partial charge < -0.3 is 10.2 Å². The molecule has 2 aromatic carbocycles. The quantitative estimate of drug-likeness (QED) is 0.706. The Bertz CT molecular complexity index is 911. The molecule has 1 unspecified atom stereocenters. The highest BCUT2D eigenvalue weighted by Gasteiger charge is 2.27. The first kappa shape index (κ1) is 17.7. The van der Waals surface area contributed by atoms with Crippen molar-refractivity contribution in [2.24, 2.45) is 5.92 Å². The first-order chi connectivity index (χ1) is 13.2. The second kappa shape index (κ2) is 7.88. The van der Waals surface area contributed by atoms with Gasteiger partial charge in [0, 0.05) is 30.4 Å². The summed E-state index contributed by atoms with van der Waals surface area (Å²) in [6.45, 7) is 1.64. The Kier molecular flexibility index (Phi) is 5.16. The smallest absolute Gasteiger partial charge is 0.229 e. The van der Waals surface area contributed by atoms with E-state index in [1.807, 2.05) is 35.7 Å². The van der Waals surface area contributed by atoms with Crippen molar-refractivity contribution in [3.05, 3.63) is 65.9 Å². The molecule has 3 aromatic rings. The van der Waals surface area contributed by atoms with Crippen molar-refractivity contribution in [3.63, 3.8) is 0 Å². The minimum Gasteiger partial charge on any atom is -0.347 e. The highest BCUT2D eigenvalue weighted by molar-refractivity contribution is 7.13. The summed E-state index contributed by atoms with van der Waals surface area (Å²) in [7, 11) is 0. The van der Waals surface area contributed by atoms with Gasteiger partial charge in [0.1, 0.15) is 5.82 Å². The van der Waals surface area contributed by atoms with Gasteiger partial charge in [-0.05, 0) is 48.2 Å². The zero-order chi connectivity index (χ0) is 18.6. The third-order valence-corrected chi connectivity index (χ3v) is 5.62. The molecule has 0 bridgehead atoms. The van der Waals surface area contributed by atoms with Gasteiger partial charge in [-0.25, -0.2) is 9.37 Å². The second-order valence-corrected chi connectivity index (χ2v) is 7.55. The Hall–Kier alpha value is -2.73. The number of hydrogen-bond donors (Lipinski definition) is 1. The Labute approximate surface area is 161 Å². The fraction of sp³-hybridized carbons (Fsp3) is 0.238. The van der Waals surface area contributed by atoms with E-state index in [1.165, 1.54) is 12.1 Å². The molecule has 2 heterocycles. The monoisotopic (exact) mass is 381 g/mol. The largest absolute Gasteiger partial charge is 0.347 e. The highest BCUT2D eigenvalue weighted by Crippen LogP contribution is 2.26. The van der Waals surface area contributed by atoms with Crippen LogP contribution in [-0.2, 0) is 4.79 Å². The van der Waals surface area contributed by atoms with Crippen LogP contribution in [0.4, 0.5) is 15.2 Å². The molecule has 1 amide bonds. The third kappa shape index (κ3) is 4.17. The van der Waals surface area contributed by atoms with Gasteiger partial charge in [-0.2, -0.15) is 0 Å². The van der Waals surface area contributed by atoms with Crippen LogP contribution in [0.25, 0.3) is 11.1 Å². The molecule has 0 spiro atoms. The fourth-order valence-electron chi connectivity index (χ4n) is 3.40. The van der Waals surface area contributed by atoms with Crippen molar-refractivity contribution in [2.45, 2.75) is 12.8 Å². The first-order valence-electron chi connectivity index (χ1n) is 9.00. The number of thiazole rings is 1. The van der Waals surface area contributed by atoms with Gasteiger partial charge in [0.05, 0.1) is 5.92 Å². The SMILES string of the molecule is O=C(Nc1ccc(-c2cccc(F)c2)cc1)C1CCCN(c2nccs2)C1. The molecule has 1 atom stereocenters. The molecule has 4 nitrogen and oxygen atoms in total. The molecule has 27 heavy (non-hydrogen) atoms. The van der Waals surface area contributed by atoms with E-state index in [4.69, 9.17) is 0 Å². The molecule has 1 N–H and O–H groups in total. The molecular formula is C21H20FN3OS. The standard InChI is InChI=1S/C21H20FN3OS/c22-18-5-1-3-16(13-18)15-6-8-19(9-7-15)24-20(26)17-4-2-11-25(14-17)21-23-10-12-27-21/h1,3,5-10,12-13,17H,2,4,11,14H2,(H,24,26). The number of piperidine rings is 1. The minimum atomic E-state index is -0.257. The number of nitrogens with one attached hydrogen (secondary N) is 1. The number of rotatable bonds is 4. The summed E-state index contributed by atoms with van der Waals surface area (Å²) in [6.07, 6.45) is 3.66. The summed E-state index contributed by atoms with van der Waals surface area (Å²) in [5.41, 5.74) is 2.49. The average molecular weight is 381 g/mol. The number of nitrogens with zero attached hydrogens (tertiary/aromatic N) is 2. The molecule has 4 rings (SSSR count). The molecule has 6 heteroatoms. The molecule has 0 aliphatic carbocycles. The van der Waals surface area contributed by atoms with Crippen molar-refractivity contribution in [1.82, 2.24) is 4.98 Å². The van der Waals surface area contributed by atoms with E-state index >= 15 is 0 Å². The molecule has 1 aliphatic rings. The van der Waals surface area contributed by atoms with Crippen molar-refractivity contribution in [1.29, 1.82) is 0 Å². The lowest BCUT2D eigenvalue weighted by Crippen LogP contribution is -2.40. The van der Waals surface area contributed by atoms with Gasteiger partial charge in [-0.1, -0.05) is 24.3 Å². The predicted octanol–water partition coefficient (Wildman–Crippen LogP) is 4.80. The van der Waals surface area contributed by atoms with E-state index in [9.17, 15) is 9.18 Å². The van der Waals surface area contributed by atoms with Crippen molar-refractivity contribution >= 4 is 28.1 Å². The molecular weight excluding hydrogens is 361 g/mol. The van der Waals surface area contributed by atoms with Crippen LogP contribution in [0.2, 0.25) is 0 Å². The van der Waals surface area contributed by atoms with Crippen LogP contribution in [0.1, 0.15) is 12.8 Å². The van der Waals surface area contributed by atoms with Gasteiger partial charge in [0.2, 0.25) is 5.91 Å². The zero-order valence-electron chi connectivity index (χ0n) is 14.8. The fourth-order valence-corrected chi connectivity index (χ4v) is 4.08. The zero-order valence-corrected chi connectivity index (χ0v) is 15.6. The first-order valence-corrected chi connectivity index (χ1v) is 9.88. The normalized spacial score (nSPS) is 16.9. The van der Waals surface area contributed by atoms with E-state index in [1.54, 1.807) is 23.6 Å². The van der Waals surface area contributed by atoms with E-state index in [2.05, 4.69) is 15.2 Å². The van der Waals surface area contributed by atoms with Crippen LogP contribution >= 0.6 is 11.3 Å². The van der Waals surface area contributed by atoms with E-state index < -0.39 is 0 Å². The van der Waals surface area contributed by atoms with Crippen LogP contribution in [0.15, 0.2) is 60.1 Å². The minimum absolute atomic E-state index is 0.0368. The van der Waals surface area contributed by atoms with Gasteiger partial charge >= 0.3 is 0 Å². The number of hydrogen-bond acceptors (Lipinski definition) is 4. The van der Waals surface area contributed by atoms with Gasteiger partial charge in [-0.15, -0.1) is 11.3 Å². The van der Waals surface area contributed by atoms with Crippen LogP contribution in [0.3, 0.4) is 0 Å². The average Bonchev–Trinajstić information content (AvgIpc) is 3.24. The molecule has 0 saturated carbocycles. The van der Waals surface area contributed by atoms with Gasteiger partial charge in [0.25, 0.3) is 0 Å². The van der Waals surface area contributed by atoms with E-state index in [0.717, 1.165) is 41.3 Å². The summed E-state index contributed by atoms with van der Waals surface area (Å²) in [5, 5.41) is 5.95. The molecule has 0 radical (unpaired) electrons. The summed E-state index contributed by atoms with van der Waals surface area (Å²) in [4.78, 5) is 19.2. The number of halogens is 1. The molecule has 1 aromatic heterocycles. The molecule has 1 aliphatic heterocycles. The maximum Gasteiger partial charge on any atom is 0.229 e. The number of carbonyl (C=O) groups is 1. The van der Waals surface area contributed by atoms with Crippen molar-refractivity contribution < 1.29 is 9.18 Å². The summed E-state index contributed by atoms with van der Waals surface area (Å²) < 4.78 is 13.4. The molecule has 138 valence electrons. The summed E-state index contributed by atoms with van der Waals surface area (Å²) in [5.74, 6) is -0.271. The van der Waals surface area contributed by atoms with E-state index in [0.29, 0.717) is 6.54 Å². The number of benzene rings is 2. The maximum absolute atomic E-state index is 13.4. The van der Waals surface area contributed by atoms with Crippen LogP contribution < -0.4 is 10.2 Å². The highest BCUT2D eigenvalue weighted by atomic mass is 32.1. The number of anilines is 2. The number of aromatic nitrogens is 1. The third-order valence-electron chi connectivity index (χ3n) is 4.79. The molecule has 1 saturated heterocycles. The summed E-state index contributed by atoms with van der Waals surface area (Å²) in [6, 6.07) is 14.0. The number of amides is 1.